The smallest absolute Gasteiger partial charge is 0.383 e. The van der Waals surface area contributed by atoms with Crippen LogP contribution < -0.4 is 5.32 Å². The largest absolute Gasteiger partial charge is 0.453 e. The van der Waals surface area contributed by atoms with Gasteiger partial charge in [0.15, 0.2) is 5.65 Å². The normalized spacial score (nSPS) is 17.0. The first-order valence-electron chi connectivity index (χ1n) is 9.06. The lowest BCUT2D eigenvalue weighted by Gasteiger charge is -2.32. The Morgan fingerprint density at radius 1 is 1.15 bits per heavy atom. The lowest BCUT2D eigenvalue weighted by atomic mass is 9.96. The quantitative estimate of drug-likeness (QED) is 0.823. The summed E-state index contributed by atoms with van der Waals surface area (Å²) in [5.41, 5.74) is 1.57. The van der Waals surface area contributed by atoms with Gasteiger partial charge >= 0.3 is 6.18 Å². The molecule has 0 aliphatic carbocycles. The fraction of sp³-hybridized carbons (Fsp3) is 0.706. The Hall–Kier alpha value is -1.94. The van der Waals surface area contributed by atoms with Crippen molar-refractivity contribution in [2.24, 2.45) is 5.92 Å². The summed E-state index contributed by atoms with van der Waals surface area (Å²) in [4.78, 5) is 2.37. The molecule has 0 aromatic carbocycles. The van der Waals surface area contributed by atoms with Crippen molar-refractivity contribution < 1.29 is 17.9 Å². The molecule has 1 aliphatic rings. The lowest BCUT2D eigenvalue weighted by molar-refractivity contribution is -0.146. The van der Waals surface area contributed by atoms with Crippen molar-refractivity contribution in [2.75, 3.05) is 45.2 Å². The molecule has 150 valence electrons. The highest BCUT2D eigenvalue weighted by molar-refractivity contribution is 5.58. The van der Waals surface area contributed by atoms with Crippen molar-refractivity contribution >= 4 is 11.5 Å². The molecule has 2 aromatic heterocycles. The summed E-state index contributed by atoms with van der Waals surface area (Å²) in [6, 6.07) is 0. The van der Waals surface area contributed by atoms with Crippen molar-refractivity contribution in [1.82, 2.24) is 24.7 Å². The number of aromatic nitrogens is 4. The van der Waals surface area contributed by atoms with Gasteiger partial charge in [0, 0.05) is 25.8 Å². The first-order chi connectivity index (χ1) is 12.8. The summed E-state index contributed by atoms with van der Waals surface area (Å²) in [5, 5.41) is 14.3. The van der Waals surface area contributed by atoms with Crippen LogP contribution in [-0.4, -0.2) is 64.6 Å². The average Bonchev–Trinajstić information content (AvgIpc) is 3.07. The third kappa shape index (κ3) is 4.32. The van der Waals surface area contributed by atoms with Crippen LogP contribution in [-0.2, 0) is 10.9 Å². The van der Waals surface area contributed by atoms with Crippen LogP contribution in [0.25, 0.3) is 5.65 Å². The van der Waals surface area contributed by atoms with Gasteiger partial charge in [-0.2, -0.15) is 17.7 Å². The maximum Gasteiger partial charge on any atom is 0.453 e. The Labute approximate surface area is 155 Å². The average molecular weight is 386 g/mol. The van der Waals surface area contributed by atoms with E-state index in [0.29, 0.717) is 23.8 Å². The maximum atomic E-state index is 13.1. The molecular formula is C17H25F3N6O. The first kappa shape index (κ1) is 19.8. The Morgan fingerprint density at radius 3 is 2.48 bits per heavy atom. The van der Waals surface area contributed by atoms with Crippen molar-refractivity contribution in [1.29, 1.82) is 0 Å². The van der Waals surface area contributed by atoms with Crippen molar-refractivity contribution in [3.63, 3.8) is 0 Å². The van der Waals surface area contributed by atoms with E-state index in [0.717, 1.165) is 49.2 Å². The van der Waals surface area contributed by atoms with Gasteiger partial charge in [0.1, 0.15) is 5.82 Å². The third-order valence-corrected chi connectivity index (χ3v) is 5.22. The molecule has 2 aromatic rings. The van der Waals surface area contributed by atoms with E-state index in [1.807, 2.05) is 6.92 Å². The number of piperidine rings is 1. The molecule has 3 heterocycles. The number of hydrogen-bond acceptors (Lipinski definition) is 6. The third-order valence-electron chi connectivity index (χ3n) is 5.22. The van der Waals surface area contributed by atoms with Gasteiger partial charge in [-0.15, -0.1) is 15.3 Å². The Morgan fingerprint density at radius 2 is 1.85 bits per heavy atom. The van der Waals surface area contributed by atoms with Gasteiger partial charge in [-0.1, -0.05) is 0 Å². The monoisotopic (exact) mass is 386 g/mol. The standard InChI is InChI=1S/C17H25F3N6O/c1-11-12(2)15-22-23-16(17(18,19)20)26(15)24-14(11)21-10-13-4-6-25(7-5-13)8-9-27-3/h13H,4-10H2,1-3H3,(H,21,24). The second kappa shape index (κ2) is 7.97. The van der Waals surface area contributed by atoms with Crippen molar-refractivity contribution in [2.45, 2.75) is 32.9 Å². The van der Waals surface area contributed by atoms with E-state index in [2.05, 4.69) is 25.5 Å². The molecule has 0 atom stereocenters. The van der Waals surface area contributed by atoms with Gasteiger partial charge in [0.05, 0.1) is 6.61 Å². The second-order valence-electron chi connectivity index (χ2n) is 7.01. The predicted molar refractivity (Wildman–Crippen MR) is 94.8 cm³/mol. The number of hydrogen-bond donors (Lipinski definition) is 1. The van der Waals surface area contributed by atoms with Crippen LogP contribution >= 0.6 is 0 Å². The molecule has 1 N–H and O–H groups in total. The number of likely N-dealkylation sites (tertiary alicyclic amines) is 1. The number of methoxy groups -OCH3 is 1. The van der Waals surface area contributed by atoms with Crippen LogP contribution in [0, 0.1) is 19.8 Å². The Balaban J connectivity index is 1.69. The molecule has 0 bridgehead atoms. The molecule has 0 radical (unpaired) electrons. The number of nitrogens with one attached hydrogen (secondary N) is 1. The molecule has 0 spiro atoms. The van der Waals surface area contributed by atoms with Crippen LogP contribution in [0.4, 0.5) is 19.0 Å². The number of rotatable bonds is 6. The summed E-state index contributed by atoms with van der Waals surface area (Å²) in [5.74, 6) is -0.189. The van der Waals surface area contributed by atoms with E-state index in [1.165, 1.54) is 0 Å². The van der Waals surface area contributed by atoms with Gasteiger partial charge in [-0.25, -0.2) is 0 Å². The predicted octanol–water partition coefficient (Wildman–Crippen LogP) is 2.53. The Bertz CT molecular complexity index is 783. The van der Waals surface area contributed by atoms with E-state index >= 15 is 0 Å². The number of alkyl halides is 3. The Kier molecular flexibility index (Phi) is 5.85. The second-order valence-corrected chi connectivity index (χ2v) is 7.01. The van der Waals surface area contributed by atoms with Gasteiger partial charge in [0.25, 0.3) is 5.82 Å². The fourth-order valence-electron chi connectivity index (χ4n) is 3.35. The fourth-order valence-corrected chi connectivity index (χ4v) is 3.35. The van der Waals surface area contributed by atoms with Gasteiger partial charge in [-0.05, 0) is 51.3 Å². The van der Waals surface area contributed by atoms with E-state index in [1.54, 1.807) is 14.0 Å². The highest BCUT2D eigenvalue weighted by Crippen LogP contribution is 2.30. The number of halogens is 3. The van der Waals surface area contributed by atoms with Gasteiger partial charge in [0.2, 0.25) is 0 Å². The summed E-state index contributed by atoms with van der Waals surface area (Å²) >= 11 is 0. The highest BCUT2D eigenvalue weighted by atomic mass is 19.4. The topological polar surface area (TPSA) is 67.6 Å². The van der Waals surface area contributed by atoms with Gasteiger partial charge < -0.3 is 15.0 Å². The summed E-state index contributed by atoms with van der Waals surface area (Å²) in [6.07, 6.45) is -2.52. The van der Waals surface area contributed by atoms with Crippen LogP contribution in [0.2, 0.25) is 0 Å². The minimum absolute atomic E-state index is 0.136. The minimum atomic E-state index is -4.60. The SMILES string of the molecule is COCCN1CCC(CNc2nn3c(C(F)(F)F)nnc3c(C)c2C)CC1. The summed E-state index contributed by atoms with van der Waals surface area (Å²) < 4.78 is 45.3. The summed E-state index contributed by atoms with van der Waals surface area (Å²) in [6.45, 7) is 7.92. The van der Waals surface area contributed by atoms with Crippen molar-refractivity contribution in [3.8, 4) is 0 Å². The van der Waals surface area contributed by atoms with Crippen LogP contribution in [0.5, 0.6) is 0 Å². The van der Waals surface area contributed by atoms with E-state index in [-0.39, 0.29) is 5.65 Å². The molecule has 3 rings (SSSR count). The molecule has 0 amide bonds. The van der Waals surface area contributed by atoms with Crippen molar-refractivity contribution in [3.05, 3.63) is 17.0 Å². The van der Waals surface area contributed by atoms with Crippen LogP contribution in [0.3, 0.4) is 0 Å². The van der Waals surface area contributed by atoms with Crippen LogP contribution in [0.1, 0.15) is 29.8 Å². The summed E-state index contributed by atoms with van der Waals surface area (Å²) in [7, 11) is 1.70. The lowest BCUT2D eigenvalue weighted by Crippen LogP contribution is -2.37. The molecular weight excluding hydrogens is 361 g/mol. The van der Waals surface area contributed by atoms with E-state index < -0.39 is 12.0 Å². The zero-order valence-electron chi connectivity index (χ0n) is 15.8. The number of fused-ring (bicyclic) bond motifs is 1. The molecule has 10 heteroatoms. The number of nitrogens with zero attached hydrogens (tertiary/aromatic N) is 5. The first-order valence-corrected chi connectivity index (χ1v) is 9.06. The molecule has 27 heavy (non-hydrogen) atoms. The molecule has 1 saturated heterocycles. The van der Waals surface area contributed by atoms with E-state index in [4.69, 9.17) is 4.74 Å². The molecule has 0 unspecified atom stereocenters. The van der Waals surface area contributed by atoms with Crippen LogP contribution in [0.15, 0.2) is 0 Å². The zero-order chi connectivity index (χ0) is 19.6. The molecule has 7 nitrogen and oxygen atoms in total. The number of anilines is 1. The minimum Gasteiger partial charge on any atom is -0.383 e. The number of ether oxygens (including phenoxy) is 1. The number of aryl methyl sites for hydroxylation is 1. The maximum absolute atomic E-state index is 13.1. The molecule has 1 aliphatic heterocycles. The molecule has 0 saturated carbocycles. The van der Waals surface area contributed by atoms with Gasteiger partial charge in [-0.3, -0.25) is 0 Å². The van der Waals surface area contributed by atoms with E-state index in [9.17, 15) is 13.2 Å². The highest BCUT2D eigenvalue weighted by Gasteiger charge is 2.38. The molecule has 1 fully saturated rings. The zero-order valence-corrected chi connectivity index (χ0v) is 15.8.